The molecule has 0 N–H and O–H groups in total. The molecule has 0 amide bonds. The van der Waals surface area contributed by atoms with E-state index in [1.165, 1.54) is 6.42 Å². The number of hydrogen-bond acceptors (Lipinski definition) is 8. The monoisotopic (exact) mass is 389 g/mol. The highest BCUT2D eigenvalue weighted by Gasteiger charge is 2.50. The second kappa shape index (κ2) is 13.4. The number of unbranched alkanes of at least 4 members (excludes halogenated alkanes) is 2. The molecule has 0 aliphatic rings. The van der Waals surface area contributed by atoms with Gasteiger partial charge in [0.15, 0.2) is 0 Å². The van der Waals surface area contributed by atoms with E-state index in [0.29, 0.717) is 6.42 Å². The molecule has 0 aromatic rings. The van der Waals surface area contributed by atoms with E-state index in [0.717, 1.165) is 19.4 Å². The van der Waals surface area contributed by atoms with Crippen molar-refractivity contribution in [2.75, 3.05) is 55.5 Å². The fraction of sp³-hybridized carbons (Fsp3) is 1.00. The van der Waals surface area contributed by atoms with E-state index < -0.39 is 18.3 Å². The molecular weight excluding hydrogens is 353 g/mol. The third kappa shape index (κ3) is 10.9. The summed E-state index contributed by atoms with van der Waals surface area (Å²) in [6.07, 6.45) is 3.71. The van der Waals surface area contributed by atoms with Crippen LogP contribution in [0, 0.1) is 0 Å². The Bertz CT molecular complexity index is 383. The van der Waals surface area contributed by atoms with Gasteiger partial charge in [0.1, 0.15) is 0 Å². The molecule has 0 saturated carbocycles. The van der Waals surface area contributed by atoms with Crippen molar-refractivity contribution in [1.82, 2.24) is 14.0 Å². The highest BCUT2D eigenvalue weighted by atomic mass is 32.3. The first-order valence-electron chi connectivity index (χ1n) is 8.12. The maximum atomic E-state index is 9.73. The van der Waals surface area contributed by atoms with Crippen molar-refractivity contribution in [3.8, 4) is 0 Å². The Morgan fingerprint density at radius 3 is 1.50 bits per heavy atom. The average Bonchev–Trinajstić information content (AvgIpc) is 2.42. The molecule has 0 fully saturated rings. The molecular formula is C14H36N3O5PS. The van der Waals surface area contributed by atoms with E-state index in [-0.39, 0.29) is 6.61 Å². The van der Waals surface area contributed by atoms with Gasteiger partial charge in [-0.05, 0) is 12.8 Å². The van der Waals surface area contributed by atoms with Gasteiger partial charge < -0.3 is 4.55 Å². The topological polar surface area (TPSA) is 85.4 Å². The van der Waals surface area contributed by atoms with Crippen LogP contribution in [0.25, 0.3) is 0 Å². The molecule has 0 rings (SSSR count). The highest BCUT2D eigenvalue weighted by Crippen LogP contribution is 2.64. The van der Waals surface area contributed by atoms with Crippen molar-refractivity contribution in [2.24, 2.45) is 0 Å². The van der Waals surface area contributed by atoms with Crippen LogP contribution in [0.3, 0.4) is 0 Å². The summed E-state index contributed by atoms with van der Waals surface area (Å²) in [4.78, 5) is 0. The van der Waals surface area contributed by atoms with Gasteiger partial charge in [-0.15, -0.1) is 14.0 Å². The van der Waals surface area contributed by atoms with E-state index in [1.807, 2.05) is 6.92 Å². The number of hydrogen-bond donors (Lipinski definition) is 0. The van der Waals surface area contributed by atoms with Crippen molar-refractivity contribution in [1.29, 1.82) is 0 Å². The first-order chi connectivity index (χ1) is 11.0. The maximum absolute atomic E-state index is 9.73. The fourth-order valence-electron chi connectivity index (χ4n) is 2.06. The SMILES string of the molecule is CCCCOS(=O)(=O)[O-].CCCCO[P+](N(C)C)(N(C)C)N(C)C. The summed E-state index contributed by atoms with van der Waals surface area (Å²) >= 11 is 0. The molecule has 0 aliphatic heterocycles. The van der Waals surface area contributed by atoms with E-state index >= 15 is 0 Å². The summed E-state index contributed by atoms with van der Waals surface area (Å²) < 4.78 is 45.8. The van der Waals surface area contributed by atoms with Crippen molar-refractivity contribution in [3.63, 3.8) is 0 Å². The van der Waals surface area contributed by atoms with Crippen LogP contribution < -0.4 is 0 Å². The fourth-order valence-corrected chi connectivity index (χ4v) is 5.59. The van der Waals surface area contributed by atoms with Gasteiger partial charge in [-0.1, -0.05) is 26.7 Å². The molecule has 0 atom stereocenters. The molecule has 0 heterocycles. The highest BCUT2D eigenvalue weighted by molar-refractivity contribution is 7.80. The van der Waals surface area contributed by atoms with E-state index in [4.69, 9.17) is 4.52 Å². The summed E-state index contributed by atoms with van der Waals surface area (Å²) in [5.74, 6) is 0. The second-order valence-corrected chi connectivity index (χ2v) is 10.6. The predicted molar refractivity (Wildman–Crippen MR) is 99.4 cm³/mol. The molecule has 0 bridgehead atoms. The lowest BCUT2D eigenvalue weighted by atomic mass is 10.4. The Labute approximate surface area is 149 Å². The zero-order chi connectivity index (χ0) is 19.4. The quantitative estimate of drug-likeness (QED) is 0.230. The van der Waals surface area contributed by atoms with Gasteiger partial charge in [0.25, 0.3) is 0 Å². The minimum Gasteiger partial charge on any atom is -0.726 e. The Kier molecular flexibility index (Phi) is 14.7. The average molecular weight is 389 g/mol. The van der Waals surface area contributed by atoms with Crippen LogP contribution in [-0.4, -0.2) is 82.5 Å². The van der Waals surface area contributed by atoms with Crippen LogP contribution in [0.15, 0.2) is 0 Å². The van der Waals surface area contributed by atoms with Crippen LogP contribution in [0.1, 0.15) is 39.5 Å². The molecule has 8 nitrogen and oxygen atoms in total. The molecule has 0 radical (unpaired) electrons. The minimum absolute atomic E-state index is 0.00231. The molecule has 0 unspecified atom stereocenters. The van der Waals surface area contributed by atoms with E-state index in [1.54, 1.807) is 0 Å². The maximum Gasteiger partial charge on any atom is 0.369 e. The molecule has 24 heavy (non-hydrogen) atoms. The standard InChI is InChI=1S/C10H27N3OP.C4H10O4S/c1-8-9-10-14-15(11(2)3,12(4)5)13(6)7;1-2-3-4-8-9(5,6)7/h8-10H2,1-7H3;2-4H2,1H3,(H,5,6,7)/q+1;/p-1. The van der Waals surface area contributed by atoms with Crippen LogP contribution in [-0.2, 0) is 19.1 Å². The second-order valence-electron chi connectivity index (χ2n) is 5.83. The van der Waals surface area contributed by atoms with Gasteiger partial charge in [-0.2, -0.15) is 4.52 Å². The lowest BCUT2D eigenvalue weighted by Crippen LogP contribution is -2.37. The first-order valence-corrected chi connectivity index (χ1v) is 11.0. The summed E-state index contributed by atoms with van der Waals surface area (Å²) in [6, 6.07) is 0. The van der Waals surface area contributed by atoms with E-state index in [9.17, 15) is 13.0 Å². The van der Waals surface area contributed by atoms with Crippen LogP contribution >= 0.6 is 7.94 Å². The Balaban J connectivity index is 0. The minimum atomic E-state index is -4.45. The van der Waals surface area contributed by atoms with Gasteiger partial charge >= 0.3 is 7.94 Å². The van der Waals surface area contributed by atoms with Crippen molar-refractivity contribution < 1.29 is 21.7 Å². The Morgan fingerprint density at radius 1 is 0.833 bits per heavy atom. The van der Waals surface area contributed by atoms with Crippen molar-refractivity contribution in [3.05, 3.63) is 0 Å². The smallest absolute Gasteiger partial charge is 0.369 e. The number of rotatable bonds is 11. The Morgan fingerprint density at radius 2 is 1.21 bits per heavy atom. The summed E-state index contributed by atoms with van der Waals surface area (Å²) in [5, 5.41) is 0. The third-order valence-corrected chi connectivity index (χ3v) is 7.16. The predicted octanol–water partition coefficient (Wildman–Crippen LogP) is 2.43. The molecule has 10 heteroatoms. The van der Waals surface area contributed by atoms with Crippen molar-refractivity contribution >= 4 is 18.3 Å². The van der Waals surface area contributed by atoms with Crippen LogP contribution in [0.2, 0.25) is 0 Å². The first kappa shape index (κ1) is 26.4. The zero-order valence-corrected chi connectivity index (χ0v) is 18.2. The van der Waals surface area contributed by atoms with Gasteiger partial charge in [0, 0.05) is 42.3 Å². The summed E-state index contributed by atoms with van der Waals surface area (Å²) in [5.41, 5.74) is 0. The molecule has 0 aromatic carbocycles. The lowest BCUT2D eigenvalue weighted by molar-refractivity contribution is 0.235. The molecule has 148 valence electrons. The number of nitrogens with zero attached hydrogens (tertiary/aromatic N) is 3. The van der Waals surface area contributed by atoms with E-state index in [2.05, 4.69) is 67.4 Å². The van der Waals surface area contributed by atoms with Crippen LogP contribution in [0.5, 0.6) is 0 Å². The van der Waals surface area contributed by atoms with Gasteiger partial charge in [0.05, 0.1) is 13.2 Å². The lowest BCUT2D eigenvalue weighted by Gasteiger charge is -2.37. The Hall–Kier alpha value is 0.140. The van der Waals surface area contributed by atoms with Gasteiger partial charge in [-0.25, -0.2) is 8.42 Å². The third-order valence-electron chi connectivity index (χ3n) is 3.05. The van der Waals surface area contributed by atoms with Gasteiger partial charge in [0.2, 0.25) is 10.4 Å². The van der Waals surface area contributed by atoms with Crippen LogP contribution in [0.4, 0.5) is 0 Å². The van der Waals surface area contributed by atoms with Crippen molar-refractivity contribution in [2.45, 2.75) is 39.5 Å². The molecule has 0 aliphatic carbocycles. The molecule has 0 saturated heterocycles. The zero-order valence-electron chi connectivity index (χ0n) is 16.5. The molecule has 0 aromatic heterocycles. The summed E-state index contributed by atoms with van der Waals surface area (Å²) in [7, 11) is 6.31. The largest absolute Gasteiger partial charge is 0.726 e. The summed E-state index contributed by atoms with van der Waals surface area (Å²) in [6.45, 7) is 4.90. The van der Waals surface area contributed by atoms with Gasteiger partial charge in [-0.3, -0.25) is 4.18 Å². The molecule has 0 spiro atoms. The normalized spacial score (nSPS) is 12.7.